The van der Waals surface area contributed by atoms with Crippen molar-refractivity contribution in [3.05, 3.63) is 21.2 Å². The summed E-state index contributed by atoms with van der Waals surface area (Å²) in [4.78, 5) is 17.2. The van der Waals surface area contributed by atoms with Crippen LogP contribution in [0.4, 0.5) is 5.82 Å². The number of hydrogen-bond donors (Lipinski definition) is 4. The van der Waals surface area contributed by atoms with E-state index in [1.807, 2.05) is 0 Å². The summed E-state index contributed by atoms with van der Waals surface area (Å²) in [6.07, 6.45) is 5.23. The number of terminal acetylenes is 1. The Balaban J connectivity index is 2.16. The zero-order chi connectivity index (χ0) is 14.0. The Morgan fingerprint density at radius 2 is 2.53 bits per heavy atom. The Hall–Kier alpha value is -1.40. The van der Waals surface area contributed by atoms with Crippen molar-refractivity contribution in [2.24, 2.45) is 0 Å². The molecule has 1 unspecified atom stereocenters. The molecule has 7 nitrogen and oxygen atoms in total. The van der Waals surface area contributed by atoms with E-state index in [0.717, 1.165) is 0 Å². The van der Waals surface area contributed by atoms with Gasteiger partial charge in [-0.05, 0) is 15.9 Å². The molecule has 2 heterocycles. The molecule has 2 rings (SSSR count). The Bertz CT molecular complexity index is 570. The maximum absolute atomic E-state index is 11.1. The van der Waals surface area contributed by atoms with Crippen LogP contribution < -0.4 is 11.0 Å². The first-order chi connectivity index (χ1) is 9.00. The largest absolute Gasteiger partial charge is 0.392 e. The van der Waals surface area contributed by atoms with Crippen molar-refractivity contribution < 1.29 is 14.9 Å². The fourth-order valence-corrected chi connectivity index (χ4v) is 2.13. The molecule has 0 radical (unpaired) electrons. The molecular formula is C11H12BrN3O4. The normalized spacial score (nSPS) is 30.0. The maximum atomic E-state index is 11.1. The second-order valence-electron chi connectivity index (χ2n) is 4.10. The van der Waals surface area contributed by atoms with Gasteiger partial charge >= 0.3 is 5.69 Å². The zero-order valence-electron chi connectivity index (χ0n) is 9.76. The van der Waals surface area contributed by atoms with Crippen LogP contribution >= 0.6 is 15.9 Å². The molecule has 3 atom stereocenters. The predicted octanol–water partition coefficient (Wildman–Crippen LogP) is -0.584. The summed E-state index contributed by atoms with van der Waals surface area (Å²) in [5.74, 6) is 2.53. The van der Waals surface area contributed by atoms with Gasteiger partial charge in [-0.1, -0.05) is 5.92 Å². The molecule has 0 aliphatic carbocycles. The number of nitrogens with one attached hydrogen (secondary N) is 2. The lowest BCUT2D eigenvalue weighted by Crippen LogP contribution is -2.42. The number of aromatic amines is 1. The van der Waals surface area contributed by atoms with E-state index in [1.165, 1.54) is 6.20 Å². The van der Waals surface area contributed by atoms with Gasteiger partial charge in [-0.15, -0.1) is 6.42 Å². The van der Waals surface area contributed by atoms with Crippen LogP contribution in [-0.4, -0.2) is 44.7 Å². The summed E-state index contributed by atoms with van der Waals surface area (Å²) in [7, 11) is 0. The monoisotopic (exact) mass is 329 g/mol. The smallest absolute Gasteiger partial charge is 0.346 e. The molecule has 0 aromatic carbocycles. The van der Waals surface area contributed by atoms with Crippen LogP contribution in [0, 0.1) is 12.3 Å². The number of aliphatic hydroxyl groups is 2. The molecule has 1 aromatic heterocycles. The second-order valence-corrected chi connectivity index (χ2v) is 4.95. The molecule has 1 saturated heterocycles. The molecule has 19 heavy (non-hydrogen) atoms. The van der Waals surface area contributed by atoms with E-state index >= 15 is 0 Å². The van der Waals surface area contributed by atoms with Crippen molar-refractivity contribution in [3.63, 3.8) is 0 Å². The summed E-state index contributed by atoms with van der Waals surface area (Å²) in [6, 6.07) is 0. The molecule has 0 bridgehead atoms. The molecule has 1 aromatic rings. The molecule has 8 heteroatoms. The summed E-state index contributed by atoms with van der Waals surface area (Å²) in [6.45, 7) is -0.493. The van der Waals surface area contributed by atoms with Crippen LogP contribution in [0.1, 0.15) is 6.42 Å². The highest BCUT2D eigenvalue weighted by Crippen LogP contribution is 2.31. The highest BCUT2D eigenvalue weighted by atomic mass is 79.9. The second kappa shape index (κ2) is 5.30. The van der Waals surface area contributed by atoms with Crippen LogP contribution in [-0.2, 0) is 4.74 Å². The minimum absolute atomic E-state index is 0.172. The Labute approximate surface area is 117 Å². The number of rotatable bonds is 3. The van der Waals surface area contributed by atoms with Gasteiger partial charge in [0.15, 0.2) is 5.60 Å². The molecule has 1 aliphatic rings. The quantitative estimate of drug-likeness (QED) is 0.552. The molecular weight excluding hydrogens is 318 g/mol. The van der Waals surface area contributed by atoms with Gasteiger partial charge in [0.1, 0.15) is 18.1 Å². The van der Waals surface area contributed by atoms with E-state index in [1.54, 1.807) is 0 Å². The molecule has 0 saturated carbocycles. The van der Waals surface area contributed by atoms with Crippen LogP contribution in [0.25, 0.3) is 0 Å². The number of aromatic nitrogens is 2. The van der Waals surface area contributed by atoms with E-state index in [0.29, 0.717) is 4.47 Å². The van der Waals surface area contributed by atoms with E-state index in [2.05, 4.69) is 37.1 Å². The summed E-state index contributed by atoms with van der Waals surface area (Å²) in [5.41, 5.74) is -1.94. The number of nitrogens with zero attached hydrogens (tertiary/aromatic N) is 1. The first-order valence-electron chi connectivity index (χ1n) is 5.47. The highest BCUT2D eigenvalue weighted by Gasteiger charge is 2.46. The van der Waals surface area contributed by atoms with Gasteiger partial charge in [0, 0.05) is 12.6 Å². The summed E-state index contributed by atoms with van der Waals surface area (Å²) >= 11 is 3.21. The van der Waals surface area contributed by atoms with Crippen LogP contribution in [0.15, 0.2) is 15.5 Å². The van der Waals surface area contributed by atoms with Crippen LogP contribution in [0.2, 0.25) is 0 Å². The lowest BCUT2D eigenvalue weighted by molar-refractivity contribution is -0.0652. The Morgan fingerprint density at radius 1 is 1.79 bits per heavy atom. The molecule has 0 amide bonds. The van der Waals surface area contributed by atoms with Gasteiger partial charge in [0.25, 0.3) is 0 Å². The third-order valence-electron chi connectivity index (χ3n) is 2.87. The fraction of sp³-hybridized carbons (Fsp3) is 0.455. The number of hydrogen-bond acceptors (Lipinski definition) is 6. The number of aliphatic hydroxyl groups excluding tert-OH is 2. The minimum atomic E-state index is -1.43. The van der Waals surface area contributed by atoms with Gasteiger partial charge < -0.3 is 25.3 Å². The topological polar surface area (TPSA) is 107 Å². The van der Waals surface area contributed by atoms with Gasteiger partial charge in [0.05, 0.1) is 11.1 Å². The van der Waals surface area contributed by atoms with E-state index < -0.39 is 30.2 Å². The first-order valence-corrected chi connectivity index (χ1v) is 6.26. The predicted molar refractivity (Wildman–Crippen MR) is 70.3 cm³/mol. The number of anilines is 1. The fourth-order valence-electron chi connectivity index (χ4n) is 1.81. The van der Waals surface area contributed by atoms with Gasteiger partial charge in [-0.25, -0.2) is 4.79 Å². The van der Waals surface area contributed by atoms with E-state index in [4.69, 9.17) is 11.2 Å². The lowest BCUT2D eigenvalue weighted by atomic mass is 9.99. The molecule has 4 N–H and O–H groups in total. The van der Waals surface area contributed by atoms with Crippen molar-refractivity contribution in [2.45, 2.75) is 24.4 Å². The minimum Gasteiger partial charge on any atom is -0.392 e. The Morgan fingerprint density at radius 3 is 3.11 bits per heavy atom. The van der Waals surface area contributed by atoms with Crippen molar-refractivity contribution >= 4 is 21.7 Å². The number of ether oxygens (including phenoxy) is 1. The Kier molecular flexibility index (Phi) is 3.91. The lowest BCUT2D eigenvalue weighted by Gasteiger charge is -2.23. The molecule has 102 valence electrons. The van der Waals surface area contributed by atoms with Gasteiger partial charge in [-0.3, -0.25) is 0 Å². The van der Waals surface area contributed by atoms with Crippen molar-refractivity contribution in [2.75, 3.05) is 11.9 Å². The van der Waals surface area contributed by atoms with E-state index in [9.17, 15) is 15.0 Å². The van der Waals surface area contributed by atoms with Gasteiger partial charge in [0.2, 0.25) is 0 Å². The average Bonchev–Trinajstić information content (AvgIpc) is 2.70. The van der Waals surface area contributed by atoms with E-state index in [-0.39, 0.29) is 12.2 Å². The van der Waals surface area contributed by atoms with Crippen molar-refractivity contribution in [1.29, 1.82) is 0 Å². The van der Waals surface area contributed by atoms with Gasteiger partial charge in [-0.2, -0.15) is 4.98 Å². The van der Waals surface area contributed by atoms with Crippen molar-refractivity contribution in [3.8, 4) is 12.3 Å². The molecule has 1 aliphatic heterocycles. The SMILES string of the molecule is C#C[C@]1(CO)OC(Nc2nc(=O)[nH]cc2Br)C[C@@H]1O. The first kappa shape index (κ1) is 14.0. The highest BCUT2D eigenvalue weighted by molar-refractivity contribution is 9.10. The number of H-pyrrole nitrogens is 1. The summed E-state index contributed by atoms with van der Waals surface area (Å²) in [5, 5.41) is 21.9. The van der Waals surface area contributed by atoms with Crippen LogP contribution in [0.3, 0.4) is 0 Å². The third kappa shape index (κ3) is 2.64. The average molecular weight is 330 g/mol. The third-order valence-corrected chi connectivity index (χ3v) is 3.47. The zero-order valence-corrected chi connectivity index (χ0v) is 11.3. The van der Waals surface area contributed by atoms with Crippen LogP contribution in [0.5, 0.6) is 0 Å². The maximum Gasteiger partial charge on any atom is 0.346 e. The standard InChI is InChI=1S/C11H12BrN3O4/c1-2-11(5-16)7(17)3-8(19-11)14-9-6(12)4-13-10(18)15-9/h1,4,7-8,16-17H,3,5H2,(H2,13,14,15,18)/t7-,8?,11+/m0/s1. The molecule has 0 spiro atoms. The van der Waals surface area contributed by atoms with Crippen molar-refractivity contribution in [1.82, 2.24) is 9.97 Å². The summed E-state index contributed by atoms with van der Waals surface area (Å²) < 4.78 is 5.97. The molecule has 1 fully saturated rings. The number of halogens is 1.